The summed E-state index contributed by atoms with van der Waals surface area (Å²) in [6.45, 7) is 3.99. The van der Waals surface area contributed by atoms with Gasteiger partial charge < -0.3 is 4.74 Å². The van der Waals surface area contributed by atoms with Gasteiger partial charge in [-0.25, -0.2) is 8.78 Å². The maximum atomic E-state index is 13.3. The lowest BCUT2D eigenvalue weighted by atomic mass is 9.96. The monoisotopic (exact) mass is 212 g/mol. The van der Waals surface area contributed by atoms with Crippen molar-refractivity contribution in [1.82, 2.24) is 0 Å². The van der Waals surface area contributed by atoms with Crippen LogP contribution in [0.1, 0.15) is 19.4 Å². The smallest absolute Gasteiger partial charge is 0.162 e. The van der Waals surface area contributed by atoms with E-state index < -0.39 is 11.6 Å². The molecule has 0 bridgehead atoms. The molecule has 1 aromatic rings. The second-order valence-corrected chi connectivity index (χ2v) is 4.20. The minimum absolute atomic E-state index is 0.202. The Hall–Kier alpha value is -0.960. The summed E-state index contributed by atoms with van der Waals surface area (Å²) in [7, 11) is 0. The molecule has 1 nitrogen and oxygen atoms in total. The summed E-state index contributed by atoms with van der Waals surface area (Å²) in [6, 6.07) is 4.30. The standard InChI is InChI=1S/C12H14F2O/c1-7(12-8(2)15-12)6-9-4-3-5-10(13)11(9)14/h3-5,7-8,12H,6H2,1-2H3. The molecule has 1 aliphatic rings. The van der Waals surface area contributed by atoms with Crippen LogP contribution >= 0.6 is 0 Å². The van der Waals surface area contributed by atoms with Gasteiger partial charge in [-0.05, 0) is 30.9 Å². The van der Waals surface area contributed by atoms with Crippen molar-refractivity contribution in [3.05, 3.63) is 35.4 Å². The molecule has 3 atom stereocenters. The summed E-state index contributed by atoms with van der Waals surface area (Å²) in [6.07, 6.45) is 0.989. The molecule has 1 heterocycles. The highest BCUT2D eigenvalue weighted by Crippen LogP contribution is 2.31. The molecule has 1 fully saturated rings. The lowest BCUT2D eigenvalue weighted by Crippen LogP contribution is -2.10. The molecule has 0 N–H and O–H groups in total. The molecule has 1 aromatic carbocycles. The highest BCUT2D eigenvalue weighted by atomic mass is 19.2. The van der Waals surface area contributed by atoms with Crippen LogP contribution in [0.3, 0.4) is 0 Å². The Morgan fingerprint density at radius 2 is 2.07 bits per heavy atom. The molecular weight excluding hydrogens is 198 g/mol. The molecule has 0 radical (unpaired) electrons. The van der Waals surface area contributed by atoms with E-state index in [1.165, 1.54) is 6.07 Å². The van der Waals surface area contributed by atoms with Gasteiger partial charge in [0, 0.05) is 0 Å². The van der Waals surface area contributed by atoms with Crippen molar-refractivity contribution in [1.29, 1.82) is 0 Å². The lowest BCUT2D eigenvalue weighted by Gasteiger charge is -2.09. The van der Waals surface area contributed by atoms with Crippen molar-refractivity contribution in [2.45, 2.75) is 32.5 Å². The fraction of sp³-hybridized carbons (Fsp3) is 0.500. The number of benzene rings is 1. The van der Waals surface area contributed by atoms with Crippen LogP contribution in [-0.2, 0) is 11.2 Å². The maximum absolute atomic E-state index is 13.3. The van der Waals surface area contributed by atoms with Crippen LogP contribution in [0.5, 0.6) is 0 Å². The number of rotatable bonds is 3. The summed E-state index contributed by atoms with van der Waals surface area (Å²) < 4.78 is 31.5. The lowest BCUT2D eigenvalue weighted by molar-refractivity contribution is 0.326. The third kappa shape index (κ3) is 2.17. The Bertz CT molecular complexity index is 365. The Labute approximate surface area is 88.1 Å². The largest absolute Gasteiger partial charge is 0.370 e. The summed E-state index contributed by atoms with van der Waals surface area (Å²) in [4.78, 5) is 0. The first-order chi connectivity index (χ1) is 7.09. The molecule has 1 saturated heterocycles. The highest BCUT2D eigenvalue weighted by molar-refractivity contribution is 5.19. The fourth-order valence-electron chi connectivity index (χ4n) is 1.97. The second-order valence-electron chi connectivity index (χ2n) is 4.20. The summed E-state index contributed by atoms with van der Waals surface area (Å²) in [5.74, 6) is -1.27. The van der Waals surface area contributed by atoms with Crippen molar-refractivity contribution in [3.63, 3.8) is 0 Å². The third-order valence-corrected chi connectivity index (χ3v) is 2.89. The molecule has 0 saturated carbocycles. The van der Waals surface area contributed by atoms with E-state index in [1.807, 2.05) is 13.8 Å². The van der Waals surface area contributed by atoms with Crippen LogP contribution in [-0.4, -0.2) is 12.2 Å². The zero-order valence-electron chi connectivity index (χ0n) is 8.84. The van der Waals surface area contributed by atoms with Crippen LogP contribution in [0.2, 0.25) is 0 Å². The van der Waals surface area contributed by atoms with Gasteiger partial charge in [-0.15, -0.1) is 0 Å². The molecule has 1 aliphatic heterocycles. The van der Waals surface area contributed by atoms with Gasteiger partial charge in [-0.1, -0.05) is 19.1 Å². The normalized spacial score (nSPS) is 26.4. The third-order valence-electron chi connectivity index (χ3n) is 2.89. The van der Waals surface area contributed by atoms with Crippen molar-refractivity contribution < 1.29 is 13.5 Å². The van der Waals surface area contributed by atoms with Crippen LogP contribution in [0.15, 0.2) is 18.2 Å². The molecule has 0 aliphatic carbocycles. The van der Waals surface area contributed by atoms with E-state index in [4.69, 9.17) is 4.74 Å². The van der Waals surface area contributed by atoms with E-state index >= 15 is 0 Å². The van der Waals surface area contributed by atoms with Gasteiger partial charge in [0.05, 0.1) is 12.2 Å². The van der Waals surface area contributed by atoms with E-state index in [9.17, 15) is 8.78 Å². The van der Waals surface area contributed by atoms with Gasteiger partial charge in [0.2, 0.25) is 0 Å². The van der Waals surface area contributed by atoms with Crippen LogP contribution in [0, 0.1) is 17.6 Å². The molecule has 82 valence electrons. The zero-order chi connectivity index (χ0) is 11.0. The first kappa shape index (κ1) is 10.6. The predicted octanol–water partition coefficient (Wildman–Crippen LogP) is 2.93. The highest BCUT2D eigenvalue weighted by Gasteiger charge is 2.38. The molecular formula is C12H14F2O. The Morgan fingerprint density at radius 3 is 2.67 bits per heavy atom. The van der Waals surface area contributed by atoms with Crippen LogP contribution in [0.25, 0.3) is 0 Å². The minimum atomic E-state index is -0.774. The average Bonchev–Trinajstić information content (AvgIpc) is 2.91. The van der Waals surface area contributed by atoms with E-state index in [1.54, 1.807) is 6.07 Å². The Balaban J connectivity index is 2.07. The van der Waals surface area contributed by atoms with Gasteiger partial charge in [-0.3, -0.25) is 0 Å². The zero-order valence-corrected chi connectivity index (χ0v) is 8.84. The quantitative estimate of drug-likeness (QED) is 0.702. The van der Waals surface area contributed by atoms with Gasteiger partial charge >= 0.3 is 0 Å². The van der Waals surface area contributed by atoms with Crippen molar-refractivity contribution in [2.24, 2.45) is 5.92 Å². The molecule has 2 rings (SSSR count). The van der Waals surface area contributed by atoms with Crippen LogP contribution < -0.4 is 0 Å². The van der Waals surface area contributed by atoms with E-state index in [-0.39, 0.29) is 18.1 Å². The number of hydrogen-bond donors (Lipinski definition) is 0. The first-order valence-corrected chi connectivity index (χ1v) is 5.18. The van der Waals surface area contributed by atoms with E-state index in [0.717, 1.165) is 6.07 Å². The predicted molar refractivity (Wildman–Crippen MR) is 53.6 cm³/mol. The topological polar surface area (TPSA) is 12.5 Å². The fourth-order valence-corrected chi connectivity index (χ4v) is 1.97. The van der Waals surface area contributed by atoms with Crippen molar-refractivity contribution in [3.8, 4) is 0 Å². The summed E-state index contributed by atoms with van der Waals surface area (Å²) >= 11 is 0. The van der Waals surface area contributed by atoms with Gasteiger partial charge in [0.1, 0.15) is 0 Å². The average molecular weight is 212 g/mol. The SMILES string of the molecule is CC(Cc1cccc(F)c1F)C1OC1C. The maximum Gasteiger partial charge on any atom is 0.162 e. The van der Waals surface area contributed by atoms with Gasteiger partial charge in [0.15, 0.2) is 11.6 Å². The molecule has 0 spiro atoms. The summed E-state index contributed by atoms with van der Waals surface area (Å²) in [5, 5.41) is 0. The van der Waals surface area contributed by atoms with Crippen LogP contribution in [0.4, 0.5) is 8.78 Å². The molecule has 0 aromatic heterocycles. The molecule has 3 heteroatoms. The second kappa shape index (κ2) is 3.89. The van der Waals surface area contributed by atoms with E-state index in [0.29, 0.717) is 12.0 Å². The van der Waals surface area contributed by atoms with E-state index in [2.05, 4.69) is 0 Å². The number of halogens is 2. The van der Waals surface area contributed by atoms with Gasteiger partial charge in [0.25, 0.3) is 0 Å². The summed E-state index contributed by atoms with van der Waals surface area (Å²) in [5.41, 5.74) is 0.435. The van der Waals surface area contributed by atoms with Gasteiger partial charge in [-0.2, -0.15) is 0 Å². The number of epoxide rings is 1. The molecule has 15 heavy (non-hydrogen) atoms. The van der Waals surface area contributed by atoms with Crippen molar-refractivity contribution in [2.75, 3.05) is 0 Å². The van der Waals surface area contributed by atoms with Crippen molar-refractivity contribution >= 4 is 0 Å². The first-order valence-electron chi connectivity index (χ1n) is 5.18. The minimum Gasteiger partial charge on any atom is -0.370 e. The Morgan fingerprint density at radius 1 is 1.40 bits per heavy atom. The number of hydrogen-bond acceptors (Lipinski definition) is 1. The number of ether oxygens (including phenoxy) is 1. The Kier molecular flexibility index (Phi) is 2.74. The molecule has 0 amide bonds. The molecule has 3 unspecified atom stereocenters.